The summed E-state index contributed by atoms with van der Waals surface area (Å²) in [6.45, 7) is 3.15. The Hall–Kier alpha value is -0.700. The Labute approximate surface area is 102 Å². The zero-order valence-electron chi connectivity index (χ0n) is 10.0. The number of nitrogens with zero attached hydrogens (tertiary/aromatic N) is 2. The van der Waals surface area contributed by atoms with Crippen LogP contribution in [0.4, 0.5) is 0 Å². The molecule has 1 aliphatic heterocycles. The number of nitrogens with two attached hydrogens (primary N) is 2. The van der Waals surface area contributed by atoms with Crippen LogP contribution in [0.15, 0.2) is 0 Å². The maximum Gasteiger partial charge on any atom is 0.277 e. The van der Waals surface area contributed by atoms with E-state index in [1.165, 1.54) is 4.31 Å². The van der Waals surface area contributed by atoms with Gasteiger partial charge in [0.25, 0.3) is 10.2 Å². The van der Waals surface area contributed by atoms with Crippen molar-refractivity contribution < 1.29 is 13.2 Å². The lowest BCUT2D eigenvalue weighted by atomic mass is 10.1. The van der Waals surface area contributed by atoms with E-state index < -0.39 is 16.3 Å². The molecule has 0 aliphatic carbocycles. The SMILES string of the molecule is CCCC(N)C(=O)N1CCN(S(N)(=O)=O)CC1. The average molecular weight is 264 g/mol. The zero-order valence-corrected chi connectivity index (χ0v) is 10.8. The molecule has 17 heavy (non-hydrogen) atoms. The van der Waals surface area contributed by atoms with Crippen molar-refractivity contribution in [1.82, 2.24) is 9.21 Å². The average Bonchev–Trinajstić information content (AvgIpc) is 2.27. The molecule has 1 fully saturated rings. The second-order valence-electron chi connectivity index (χ2n) is 4.16. The molecule has 1 heterocycles. The standard InChI is InChI=1S/C9H20N4O3S/c1-2-3-8(10)9(14)12-4-6-13(7-5-12)17(11,15)16/h8H,2-7,10H2,1H3,(H2,11,15,16). The summed E-state index contributed by atoms with van der Waals surface area (Å²) >= 11 is 0. The second kappa shape index (κ2) is 5.76. The summed E-state index contributed by atoms with van der Waals surface area (Å²) in [5, 5.41) is 5.01. The lowest BCUT2D eigenvalue weighted by Crippen LogP contribution is -2.55. The highest BCUT2D eigenvalue weighted by Crippen LogP contribution is 2.07. The lowest BCUT2D eigenvalue weighted by molar-refractivity contribution is -0.133. The van der Waals surface area contributed by atoms with E-state index in [1.807, 2.05) is 6.92 Å². The van der Waals surface area contributed by atoms with E-state index in [4.69, 9.17) is 10.9 Å². The molecular weight excluding hydrogens is 244 g/mol. The van der Waals surface area contributed by atoms with Crippen LogP contribution in [0.1, 0.15) is 19.8 Å². The third-order valence-electron chi connectivity index (χ3n) is 2.83. The minimum Gasteiger partial charge on any atom is -0.339 e. The van der Waals surface area contributed by atoms with E-state index in [0.717, 1.165) is 6.42 Å². The van der Waals surface area contributed by atoms with E-state index in [0.29, 0.717) is 19.5 Å². The summed E-state index contributed by atoms with van der Waals surface area (Å²) in [6, 6.07) is -0.485. The molecule has 1 unspecified atom stereocenters. The molecule has 1 saturated heterocycles. The third-order valence-corrected chi connectivity index (χ3v) is 3.91. The van der Waals surface area contributed by atoms with Crippen LogP contribution in [0.25, 0.3) is 0 Å². The van der Waals surface area contributed by atoms with Crippen LogP contribution in [-0.4, -0.2) is 55.8 Å². The summed E-state index contributed by atoms with van der Waals surface area (Å²) < 4.78 is 23.3. The monoisotopic (exact) mass is 264 g/mol. The van der Waals surface area contributed by atoms with Gasteiger partial charge < -0.3 is 10.6 Å². The van der Waals surface area contributed by atoms with Gasteiger partial charge >= 0.3 is 0 Å². The van der Waals surface area contributed by atoms with E-state index in [1.54, 1.807) is 4.90 Å². The predicted octanol–water partition coefficient (Wildman–Crippen LogP) is -1.54. The number of carbonyl (C=O) groups is 1. The summed E-state index contributed by atoms with van der Waals surface area (Å²) in [5.41, 5.74) is 5.73. The molecule has 1 rings (SSSR count). The number of hydrogen-bond acceptors (Lipinski definition) is 4. The van der Waals surface area contributed by atoms with Gasteiger partial charge in [-0.2, -0.15) is 12.7 Å². The molecule has 7 nitrogen and oxygen atoms in total. The molecule has 0 bridgehead atoms. The molecule has 8 heteroatoms. The first-order valence-electron chi connectivity index (χ1n) is 5.68. The maximum absolute atomic E-state index is 11.8. The fraction of sp³-hybridized carbons (Fsp3) is 0.889. The highest BCUT2D eigenvalue weighted by Gasteiger charge is 2.28. The quantitative estimate of drug-likeness (QED) is 0.641. The predicted molar refractivity (Wildman–Crippen MR) is 64.1 cm³/mol. The molecule has 1 aliphatic rings. The van der Waals surface area contributed by atoms with E-state index in [-0.39, 0.29) is 19.0 Å². The highest BCUT2D eigenvalue weighted by molar-refractivity contribution is 7.86. The van der Waals surface area contributed by atoms with Crippen molar-refractivity contribution in [1.29, 1.82) is 0 Å². The van der Waals surface area contributed by atoms with Crippen molar-refractivity contribution in [2.45, 2.75) is 25.8 Å². The van der Waals surface area contributed by atoms with Crippen molar-refractivity contribution in [3.8, 4) is 0 Å². The summed E-state index contributed by atoms with van der Waals surface area (Å²) in [5.74, 6) is -0.110. The Kier molecular flexibility index (Phi) is 4.87. The first-order chi connectivity index (χ1) is 7.86. The number of amides is 1. The first kappa shape index (κ1) is 14.4. The number of hydrogen-bond donors (Lipinski definition) is 2. The van der Waals surface area contributed by atoms with Gasteiger partial charge in [-0.15, -0.1) is 0 Å². The Balaban J connectivity index is 2.49. The first-order valence-corrected chi connectivity index (χ1v) is 7.18. The van der Waals surface area contributed by atoms with E-state index >= 15 is 0 Å². The Morgan fingerprint density at radius 2 is 1.82 bits per heavy atom. The topological polar surface area (TPSA) is 110 Å². The third kappa shape index (κ3) is 3.91. The maximum atomic E-state index is 11.8. The van der Waals surface area contributed by atoms with Crippen LogP contribution in [-0.2, 0) is 15.0 Å². The second-order valence-corrected chi connectivity index (χ2v) is 5.71. The van der Waals surface area contributed by atoms with Crippen LogP contribution in [0.3, 0.4) is 0 Å². The Morgan fingerprint density at radius 1 is 1.29 bits per heavy atom. The van der Waals surface area contributed by atoms with Crippen LogP contribution in [0.2, 0.25) is 0 Å². The van der Waals surface area contributed by atoms with Crippen molar-refractivity contribution in [2.75, 3.05) is 26.2 Å². The van der Waals surface area contributed by atoms with Gasteiger partial charge in [-0.3, -0.25) is 4.79 Å². The number of piperazine rings is 1. The van der Waals surface area contributed by atoms with Gasteiger partial charge in [-0.1, -0.05) is 13.3 Å². The van der Waals surface area contributed by atoms with Gasteiger partial charge in [0.1, 0.15) is 0 Å². The molecule has 0 spiro atoms. The van der Waals surface area contributed by atoms with Gasteiger partial charge in [-0.25, -0.2) is 5.14 Å². The summed E-state index contributed by atoms with van der Waals surface area (Å²) in [7, 11) is -3.64. The molecule has 0 aromatic rings. The molecular formula is C9H20N4O3S. The minimum absolute atomic E-state index is 0.110. The fourth-order valence-electron chi connectivity index (χ4n) is 1.83. The Morgan fingerprint density at radius 3 is 2.24 bits per heavy atom. The zero-order chi connectivity index (χ0) is 13.1. The van der Waals surface area contributed by atoms with Gasteiger partial charge in [0.05, 0.1) is 6.04 Å². The molecule has 1 atom stereocenters. The molecule has 0 aromatic heterocycles. The van der Waals surface area contributed by atoms with E-state index in [2.05, 4.69) is 0 Å². The van der Waals surface area contributed by atoms with Crippen LogP contribution >= 0.6 is 0 Å². The number of rotatable bonds is 4. The fourth-order valence-corrected chi connectivity index (χ4v) is 2.50. The molecule has 1 amide bonds. The van der Waals surface area contributed by atoms with Crippen LogP contribution < -0.4 is 10.9 Å². The van der Waals surface area contributed by atoms with Crippen molar-refractivity contribution in [3.05, 3.63) is 0 Å². The minimum atomic E-state index is -3.64. The summed E-state index contributed by atoms with van der Waals surface area (Å²) in [4.78, 5) is 13.4. The van der Waals surface area contributed by atoms with Gasteiger partial charge in [-0.05, 0) is 6.42 Å². The largest absolute Gasteiger partial charge is 0.339 e. The normalized spacial score (nSPS) is 20.3. The van der Waals surface area contributed by atoms with Crippen LogP contribution in [0.5, 0.6) is 0 Å². The molecule has 100 valence electrons. The number of carbonyl (C=O) groups excluding carboxylic acids is 1. The van der Waals surface area contributed by atoms with Crippen LogP contribution in [0, 0.1) is 0 Å². The molecule has 0 saturated carbocycles. The van der Waals surface area contributed by atoms with Crippen molar-refractivity contribution >= 4 is 16.1 Å². The molecule has 4 N–H and O–H groups in total. The van der Waals surface area contributed by atoms with Crippen molar-refractivity contribution in [2.24, 2.45) is 10.9 Å². The van der Waals surface area contributed by atoms with Gasteiger partial charge in [0.15, 0.2) is 0 Å². The Bertz CT molecular complexity index is 362. The molecule has 0 aromatic carbocycles. The summed E-state index contributed by atoms with van der Waals surface area (Å²) in [6.07, 6.45) is 1.50. The smallest absolute Gasteiger partial charge is 0.277 e. The highest BCUT2D eigenvalue weighted by atomic mass is 32.2. The van der Waals surface area contributed by atoms with Gasteiger partial charge in [0, 0.05) is 26.2 Å². The van der Waals surface area contributed by atoms with Crippen molar-refractivity contribution in [3.63, 3.8) is 0 Å². The van der Waals surface area contributed by atoms with Gasteiger partial charge in [0.2, 0.25) is 5.91 Å². The van der Waals surface area contributed by atoms with E-state index in [9.17, 15) is 13.2 Å². The lowest BCUT2D eigenvalue weighted by Gasteiger charge is -2.34. The molecule has 0 radical (unpaired) electrons.